The van der Waals surface area contributed by atoms with Crippen LogP contribution in [0, 0.1) is 18.3 Å². The smallest absolute Gasteiger partial charge is 0.224 e. The number of carbonyl (C=O) groups is 1. The van der Waals surface area contributed by atoms with Crippen LogP contribution in [0.3, 0.4) is 0 Å². The number of halogens is 2. The molecule has 1 aliphatic rings. The molecule has 1 fully saturated rings. The van der Waals surface area contributed by atoms with Crippen LogP contribution in [-0.4, -0.2) is 45.5 Å². The molecule has 34 heavy (non-hydrogen) atoms. The van der Waals surface area contributed by atoms with Crippen molar-refractivity contribution in [3.05, 3.63) is 69.6 Å². The van der Waals surface area contributed by atoms with Crippen LogP contribution in [0.25, 0.3) is 0 Å². The number of sulfone groups is 1. The van der Waals surface area contributed by atoms with Gasteiger partial charge in [-0.05, 0) is 61.9 Å². The van der Waals surface area contributed by atoms with E-state index in [0.29, 0.717) is 41.8 Å². The summed E-state index contributed by atoms with van der Waals surface area (Å²) in [6.07, 6.45) is 7.99. The van der Waals surface area contributed by atoms with E-state index in [9.17, 15) is 13.2 Å². The molecule has 9 heteroatoms. The number of rotatable bonds is 10. The summed E-state index contributed by atoms with van der Waals surface area (Å²) >= 11 is 11.9. The minimum absolute atomic E-state index is 0.0358. The summed E-state index contributed by atoms with van der Waals surface area (Å²) in [6, 6.07) is 11.4. The van der Waals surface area contributed by atoms with Gasteiger partial charge in [0.25, 0.3) is 0 Å². The number of hydrogen-bond donors (Lipinski definition) is 1. The van der Waals surface area contributed by atoms with Crippen molar-refractivity contribution in [2.45, 2.75) is 24.3 Å². The van der Waals surface area contributed by atoms with Crippen LogP contribution in [-0.2, 0) is 21.2 Å². The predicted molar refractivity (Wildman–Crippen MR) is 135 cm³/mol. The maximum atomic E-state index is 12.6. The number of nitrogens with zero attached hydrogens (tertiary/aromatic N) is 1. The topological polar surface area (TPSA) is 75.7 Å². The second-order valence-corrected chi connectivity index (χ2v) is 10.6. The van der Waals surface area contributed by atoms with Gasteiger partial charge in [0, 0.05) is 40.7 Å². The molecule has 180 valence electrons. The van der Waals surface area contributed by atoms with E-state index < -0.39 is 9.84 Å². The molecule has 2 aromatic rings. The number of ether oxygens (including phenoxy) is 1. The lowest BCUT2D eigenvalue weighted by molar-refractivity contribution is -0.124. The van der Waals surface area contributed by atoms with Crippen molar-refractivity contribution in [3.8, 4) is 18.1 Å². The fourth-order valence-corrected chi connectivity index (χ4v) is 5.07. The standard InChI is InChI=1S/C25H26Cl2N2O4S/c1-2-14-33-24-10-7-22(27)16-20(24)18-29-13-11-19(17-29)25(30)28-12-3-4-15-34(31,32)23-8-5-21(26)6-9-23/h1,4-10,15-16,19H,3,11-14,17-18H2,(H,28,30)/b15-4+. The van der Waals surface area contributed by atoms with Gasteiger partial charge in [-0.25, -0.2) is 8.42 Å². The first-order valence-corrected chi connectivity index (χ1v) is 13.1. The Labute approximate surface area is 210 Å². The molecule has 0 bridgehead atoms. The summed E-state index contributed by atoms with van der Waals surface area (Å²) in [5, 5.41) is 5.14. The van der Waals surface area contributed by atoms with Gasteiger partial charge in [-0.15, -0.1) is 6.42 Å². The Hall–Kier alpha value is -2.50. The van der Waals surface area contributed by atoms with Crippen LogP contribution in [0.1, 0.15) is 18.4 Å². The number of carbonyl (C=O) groups excluding carboxylic acids is 1. The van der Waals surface area contributed by atoms with Gasteiger partial charge in [-0.2, -0.15) is 0 Å². The summed E-state index contributed by atoms with van der Waals surface area (Å²) in [5.74, 6) is 2.98. The molecule has 2 aromatic carbocycles. The lowest BCUT2D eigenvalue weighted by Crippen LogP contribution is -2.33. The van der Waals surface area contributed by atoms with Gasteiger partial charge in [0.05, 0.1) is 10.8 Å². The van der Waals surface area contributed by atoms with E-state index >= 15 is 0 Å². The van der Waals surface area contributed by atoms with Crippen LogP contribution in [0.15, 0.2) is 58.8 Å². The first-order valence-electron chi connectivity index (χ1n) is 10.8. The third kappa shape index (κ3) is 7.51. The summed E-state index contributed by atoms with van der Waals surface area (Å²) in [5.41, 5.74) is 0.927. The Balaban J connectivity index is 1.45. The number of amides is 1. The third-order valence-corrected chi connectivity index (χ3v) is 7.37. The van der Waals surface area contributed by atoms with Crippen molar-refractivity contribution in [2.24, 2.45) is 5.92 Å². The Morgan fingerprint density at radius 2 is 1.94 bits per heavy atom. The highest BCUT2D eigenvalue weighted by atomic mass is 35.5. The summed E-state index contributed by atoms with van der Waals surface area (Å²) in [6.45, 7) is 2.54. The molecule has 0 spiro atoms. The number of nitrogens with one attached hydrogen (secondary N) is 1. The molecule has 0 aromatic heterocycles. The van der Waals surface area contributed by atoms with E-state index in [4.69, 9.17) is 34.4 Å². The molecular weight excluding hydrogens is 495 g/mol. The lowest BCUT2D eigenvalue weighted by Gasteiger charge is -2.18. The molecule has 1 saturated heterocycles. The first kappa shape index (κ1) is 26.1. The van der Waals surface area contributed by atoms with Crippen molar-refractivity contribution in [3.63, 3.8) is 0 Å². The molecule has 1 unspecified atom stereocenters. The average Bonchev–Trinajstić information content (AvgIpc) is 3.27. The van der Waals surface area contributed by atoms with Gasteiger partial charge >= 0.3 is 0 Å². The van der Waals surface area contributed by atoms with Gasteiger partial charge in [-0.1, -0.05) is 35.2 Å². The Bertz CT molecular complexity index is 1170. The number of terminal acetylenes is 1. The van der Waals surface area contributed by atoms with Crippen molar-refractivity contribution in [2.75, 3.05) is 26.2 Å². The van der Waals surface area contributed by atoms with Crippen LogP contribution in [0.5, 0.6) is 5.75 Å². The fraction of sp³-hybridized carbons (Fsp3) is 0.320. The summed E-state index contributed by atoms with van der Waals surface area (Å²) in [7, 11) is -3.53. The quantitative estimate of drug-likeness (QED) is 0.372. The highest BCUT2D eigenvalue weighted by molar-refractivity contribution is 7.94. The van der Waals surface area contributed by atoms with E-state index in [2.05, 4.69) is 16.1 Å². The molecule has 6 nitrogen and oxygen atoms in total. The van der Waals surface area contributed by atoms with Gasteiger partial charge in [0.1, 0.15) is 12.4 Å². The Morgan fingerprint density at radius 1 is 1.21 bits per heavy atom. The van der Waals surface area contributed by atoms with E-state index in [1.165, 1.54) is 24.3 Å². The van der Waals surface area contributed by atoms with Crippen LogP contribution >= 0.6 is 23.2 Å². The molecule has 0 radical (unpaired) electrons. The number of benzene rings is 2. The molecule has 1 heterocycles. The lowest BCUT2D eigenvalue weighted by atomic mass is 10.1. The maximum absolute atomic E-state index is 12.6. The molecule has 1 amide bonds. The zero-order chi connectivity index (χ0) is 24.6. The van der Waals surface area contributed by atoms with Gasteiger partial charge in [0.2, 0.25) is 5.91 Å². The SMILES string of the molecule is C#CCOc1ccc(Cl)cc1CN1CCC(C(=O)NCC/C=C/S(=O)(=O)c2ccc(Cl)cc2)C1. The first-order chi connectivity index (χ1) is 16.3. The highest BCUT2D eigenvalue weighted by Gasteiger charge is 2.28. The van der Waals surface area contributed by atoms with E-state index in [1.807, 2.05) is 6.07 Å². The number of likely N-dealkylation sites (tertiary alicyclic amines) is 1. The maximum Gasteiger partial charge on any atom is 0.224 e. The molecule has 0 aliphatic carbocycles. The molecule has 3 rings (SSSR count). The minimum Gasteiger partial charge on any atom is -0.481 e. The van der Waals surface area contributed by atoms with E-state index in [1.54, 1.807) is 18.2 Å². The second kappa shape index (κ2) is 12.3. The van der Waals surface area contributed by atoms with Crippen molar-refractivity contribution < 1.29 is 17.9 Å². The van der Waals surface area contributed by atoms with Crippen LogP contribution in [0.2, 0.25) is 10.0 Å². The Morgan fingerprint density at radius 3 is 2.68 bits per heavy atom. The predicted octanol–water partition coefficient (Wildman–Crippen LogP) is 4.32. The fourth-order valence-electron chi connectivity index (χ4n) is 3.68. The zero-order valence-electron chi connectivity index (χ0n) is 18.5. The molecule has 1 atom stereocenters. The van der Waals surface area contributed by atoms with Gasteiger partial charge in [0.15, 0.2) is 9.84 Å². The van der Waals surface area contributed by atoms with Gasteiger partial charge < -0.3 is 10.1 Å². The normalized spacial score (nSPS) is 16.4. The summed E-state index contributed by atoms with van der Waals surface area (Å²) < 4.78 is 30.2. The minimum atomic E-state index is -3.53. The molecular formula is C25H26Cl2N2O4S. The van der Waals surface area contributed by atoms with Crippen LogP contribution < -0.4 is 10.1 Å². The Kier molecular flexibility index (Phi) is 9.43. The second-order valence-electron chi connectivity index (χ2n) is 7.92. The largest absolute Gasteiger partial charge is 0.481 e. The van der Waals surface area contributed by atoms with Crippen molar-refractivity contribution in [1.82, 2.24) is 10.2 Å². The van der Waals surface area contributed by atoms with E-state index in [-0.39, 0.29) is 23.3 Å². The summed E-state index contributed by atoms with van der Waals surface area (Å²) in [4.78, 5) is 14.9. The molecule has 1 aliphatic heterocycles. The monoisotopic (exact) mass is 520 g/mol. The molecule has 1 N–H and O–H groups in total. The molecule has 0 saturated carbocycles. The zero-order valence-corrected chi connectivity index (χ0v) is 20.9. The average molecular weight is 521 g/mol. The highest BCUT2D eigenvalue weighted by Crippen LogP contribution is 2.27. The van der Waals surface area contributed by atoms with E-state index in [0.717, 1.165) is 23.9 Å². The number of hydrogen-bond acceptors (Lipinski definition) is 5. The van der Waals surface area contributed by atoms with Crippen molar-refractivity contribution >= 4 is 38.9 Å². The third-order valence-electron chi connectivity index (χ3n) is 5.40. The van der Waals surface area contributed by atoms with Crippen molar-refractivity contribution in [1.29, 1.82) is 0 Å². The van der Waals surface area contributed by atoms with Gasteiger partial charge in [-0.3, -0.25) is 9.69 Å². The van der Waals surface area contributed by atoms with Crippen LogP contribution in [0.4, 0.5) is 0 Å².